The van der Waals surface area contributed by atoms with Gasteiger partial charge in [0, 0.05) is 18.2 Å². The zero-order chi connectivity index (χ0) is 13.8. The number of ether oxygens (including phenoxy) is 1. The third-order valence-electron chi connectivity index (χ3n) is 3.31. The predicted molar refractivity (Wildman–Crippen MR) is 84.0 cm³/mol. The quantitative estimate of drug-likeness (QED) is 0.477. The maximum Gasteiger partial charge on any atom is 0.0466 e. The summed E-state index contributed by atoms with van der Waals surface area (Å²) in [6, 6.07) is 8.19. The first kappa shape index (κ1) is 16.5. The first-order valence-electron chi connectivity index (χ1n) is 7.65. The van der Waals surface area contributed by atoms with E-state index >= 15 is 0 Å². The number of benzene rings is 1. The van der Waals surface area contributed by atoms with Gasteiger partial charge in [0.2, 0.25) is 0 Å². The Hall–Kier alpha value is -0.530. The van der Waals surface area contributed by atoms with Crippen LogP contribution < -0.4 is 0 Å². The maximum absolute atomic E-state index is 5.86. The van der Waals surface area contributed by atoms with Crippen molar-refractivity contribution in [2.45, 2.75) is 58.3 Å². The van der Waals surface area contributed by atoms with Crippen molar-refractivity contribution in [3.05, 3.63) is 34.9 Å². The lowest BCUT2D eigenvalue weighted by molar-refractivity contribution is 0.126. The largest absolute Gasteiger partial charge is 0.381 e. The minimum absolute atomic E-state index is 0.823. The van der Waals surface area contributed by atoms with Gasteiger partial charge >= 0.3 is 0 Å². The molecular weight excluding hydrogens is 256 g/mol. The van der Waals surface area contributed by atoms with Gasteiger partial charge in [-0.15, -0.1) is 0 Å². The summed E-state index contributed by atoms with van der Waals surface area (Å²) in [7, 11) is 0. The summed E-state index contributed by atoms with van der Waals surface area (Å²) in [5, 5.41) is 0.823. The van der Waals surface area contributed by atoms with Gasteiger partial charge in [0.1, 0.15) is 0 Å². The number of rotatable bonds is 11. The lowest BCUT2D eigenvalue weighted by atomic mass is 10.1. The van der Waals surface area contributed by atoms with E-state index < -0.39 is 0 Å². The van der Waals surface area contributed by atoms with Gasteiger partial charge in [0.25, 0.3) is 0 Å². The first-order chi connectivity index (χ1) is 9.33. The fourth-order valence-corrected chi connectivity index (χ4v) is 2.22. The Balaban J connectivity index is 1.87. The molecule has 0 spiro atoms. The SMILES string of the molecule is CCCCCOCCCCCCc1ccc(Cl)cc1. The van der Waals surface area contributed by atoms with Crippen molar-refractivity contribution < 1.29 is 4.74 Å². The average molecular weight is 283 g/mol. The topological polar surface area (TPSA) is 9.23 Å². The predicted octanol–water partition coefficient (Wildman–Crippen LogP) is 5.65. The molecule has 1 aromatic rings. The standard InChI is InChI=1S/C17H27ClO/c1-2-3-7-14-19-15-8-5-4-6-9-16-10-12-17(18)13-11-16/h10-13H,2-9,14-15H2,1H3. The lowest BCUT2D eigenvalue weighted by Crippen LogP contribution is -1.97. The van der Waals surface area contributed by atoms with Crippen molar-refractivity contribution in [3.8, 4) is 0 Å². The van der Waals surface area contributed by atoms with Crippen LogP contribution in [-0.2, 0) is 11.2 Å². The number of aryl methyl sites for hydroxylation is 1. The lowest BCUT2D eigenvalue weighted by Gasteiger charge is -2.04. The van der Waals surface area contributed by atoms with Gasteiger partial charge in [-0.1, -0.05) is 56.3 Å². The van der Waals surface area contributed by atoms with Gasteiger partial charge in [-0.05, 0) is 43.4 Å². The van der Waals surface area contributed by atoms with E-state index in [1.165, 1.54) is 50.5 Å². The second kappa shape index (κ2) is 11.3. The zero-order valence-electron chi connectivity index (χ0n) is 12.2. The molecule has 1 aromatic carbocycles. The van der Waals surface area contributed by atoms with Gasteiger partial charge in [-0.2, -0.15) is 0 Å². The number of hydrogen-bond donors (Lipinski definition) is 0. The van der Waals surface area contributed by atoms with E-state index in [2.05, 4.69) is 19.1 Å². The Morgan fingerprint density at radius 3 is 2.16 bits per heavy atom. The van der Waals surface area contributed by atoms with Crippen molar-refractivity contribution in [1.29, 1.82) is 0 Å². The van der Waals surface area contributed by atoms with E-state index in [0.29, 0.717) is 0 Å². The van der Waals surface area contributed by atoms with Crippen molar-refractivity contribution >= 4 is 11.6 Å². The highest BCUT2D eigenvalue weighted by Crippen LogP contribution is 2.12. The van der Waals surface area contributed by atoms with E-state index in [-0.39, 0.29) is 0 Å². The van der Waals surface area contributed by atoms with Crippen LogP contribution in [0.15, 0.2) is 24.3 Å². The summed E-state index contributed by atoms with van der Waals surface area (Å²) in [5.74, 6) is 0. The molecule has 0 saturated carbocycles. The van der Waals surface area contributed by atoms with Gasteiger partial charge in [-0.25, -0.2) is 0 Å². The van der Waals surface area contributed by atoms with Crippen LogP contribution in [0, 0.1) is 0 Å². The van der Waals surface area contributed by atoms with Crippen LogP contribution in [-0.4, -0.2) is 13.2 Å². The molecule has 0 heterocycles. The normalized spacial score (nSPS) is 10.8. The highest BCUT2D eigenvalue weighted by Gasteiger charge is 1.95. The van der Waals surface area contributed by atoms with E-state index in [1.807, 2.05) is 12.1 Å². The van der Waals surface area contributed by atoms with E-state index in [4.69, 9.17) is 16.3 Å². The van der Waals surface area contributed by atoms with Crippen LogP contribution in [0.4, 0.5) is 0 Å². The van der Waals surface area contributed by atoms with Crippen molar-refractivity contribution in [2.24, 2.45) is 0 Å². The van der Waals surface area contributed by atoms with Crippen molar-refractivity contribution in [2.75, 3.05) is 13.2 Å². The smallest absolute Gasteiger partial charge is 0.0466 e. The number of hydrogen-bond acceptors (Lipinski definition) is 1. The highest BCUT2D eigenvalue weighted by atomic mass is 35.5. The Bertz CT molecular complexity index is 308. The zero-order valence-corrected chi connectivity index (χ0v) is 12.9. The molecule has 0 aliphatic carbocycles. The summed E-state index contributed by atoms with van der Waals surface area (Å²) in [6.07, 6.45) is 9.98. The Kier molecular flexibility index (Phi) is 9.84. The number of unbranched alkanes of at least 4 members (excludes halogenated alkanes) is 5. The van der Waals surface area contributed by atoms with Gasteiger partial charge < -0.3 is 4.74 Å². The molecule has 0 amide bonds. The molecule has 0 atom stereocenters. The summed E-state index contributed by atoms with van der Waals surface area (Å²) in [6.45, 7) is 4.10. The maximum atomic E-state index is 5.86. The molecule has 0 radical (unpaired) electrons. The van der Waals surface area contributed by atoms with Gasteiger partial charge in [0.05, 0.1) is 0 Å². The molecule has 19 heavy (non-hydrogen) atoms. The molecule has 2 heteroatoms. The Morgan fingerprint density at radius 1 is 0.842 bits per heavy atom. The van der Waals surface area contributed by atoms with Crippen molar-refractivity contribution in [1.82, 2.24) is 0 Å². The van der Waals surface area contributed by atoms with Crippen LogP contribution in [0.1, 0.15) is 57.4 Å². The minimum atomic E-state index is 0.823. The molecule has 0 N–H and O–H groups in total. The van der Waals surface area contributed by atoms with Crippen LogP contribution >= 0.6 is 11.6 Å². The molecule has 0 bridgehead atoms. The third kappa shape index (κ3) is 9.07. The molecule has 0 fully saturated rings. The fraction of sp³-hybridized carbons (Fsp3) is 0.647. The number of halogens is 1. The molecule has 0 saturated heterocycles. The summed E-state index contributed by atoms with van der Waals surface area (Å²) in [5.41, 5.74) is 1.39. The molecule has 0 unspecified atom stereocenters. The summed E-state index contributed by atoms with van der Waals surface area (Å²) >= 11 is 5.86. The minimum Gasteiger partial charge on any atom is -0.381 e. The van der Waals surface area contributed by atoms with Crippen molar-refractivity contribution in [3.63, 3.8) is 0 Å². The van der Waals surface area contributed by atoms with Crippen LogP contribution in [0.2, 0.25) is 5.02 Å². The third-order valence-corrected chi connectivity index (χ3v) is 3.56. The van der Waals surface area contributed by atoms with E-state index in [9.17, 15) is 0 Å². The molecule has 108 valence electrons. The molecule has 1 nitrogen and oxygen atoms in total. The average Bonchev–Trinajstić information content (AvgIpc) is 2.43. The van der Waals surface area contributed by atoms with E-state index in [0.717, 1.165) is 24.7 Å². The highest BCUT2D eigenvalue weighted by molar-refractivity contribution is 6.30. The van der Waals surface area contributed by atoms with Gasteiger partial charge in [-0.3, -0.25) is 0 Å². The molecular formula is C17H27ClO. The summed E-state index contributed by atoms with van der Waals surface area (Å²) < 4.78 is 5.60. The molecule has 1 rings (SSSR count). The molecule has 0 aromatic heterocycles. The first-order valence-corrected chi connectivity index (χ1v) is 8.03. The Morgan fingerprint density at radius 2 is 1.47 bits per heavy atom. The monoisotopic (exact) mass is 282 g/mol. The summed E-state index contributed by atoms with van der Waals surface area (Å²) in [4.78, 5) is 0. The van der Waals surface area contributed by atoms with Crippen LogP contribution in [0.3, 0.4) is 0 Å². The molecule has 0 aliphatic rings. The van der Waals surface area contributed by atoms with Gasteiger partial charge in [0.15, 0.2) is 0 Å². The second-order valence-corrected chi connectivity index (χ2v) is 5.55. The van der Waals surface area contributed by atoms with Crippen LogP contribution in [0.25, 0.3) is 0 Å². The van der Waals surface area contributed by atoms with E-state index in [1.54, 1.807) is 0 Å². The van der Waals surface area contributed by atoms with Crippen LogP contribution in [0.5, 0.6) is 0 Å². The molecule has 0 aliphatic heterocycles. The second-order valence-electron chi connectivity index (χ2n) is 5.11. The Labute approximate surface area is 123 Å². The fourth-order valence-electron chi connectivity index (χ4n) is 2.09.